The first-order valence-corrected chi connectivity index (χ1v) is 6.57. The van der Waals surface area contributed by atoms with Crippen LogP contribution in [-0.2, 0) is 6.54 Å². The van der Waals surface area contributed by atoms with Gasteiger partial charge in [-0.15, -0.1) is 0 Å². The molecule has 0 aliphatic rings. The van der Waals surface area contributed by atoms with Crippen LogP contribution in [0.5, 0.6) is 0 Å². The molecule has 0 N–H and O–H groups in total. The first-order chi connectivity index (χ1) is 9.26. The van der Waals surface area contributed by atoms with Crippen LogP contribution in [0.1, 0.15) is 12.5 Å². The highest BCUT2D eigenvalue weighted by molar-refractivity contribution is 5.96. The average molecular weight is 251 g/mol. The number of hydrogen-bond donors (Lipinski definition) is 0. The minimum Gasteiger partial charge on any atom is -0.302 e. The van der Waals surface area contributed by atoms with Gasteiger partial charge < -0.3 is 4.90 Å². The maximum absolute atomic E-state index is 4.57. The standard InChI is InChI=1S/C16H17N3/c1-3-19(2)11-12-6-14-7-15-10-17-5-4-13(15)8-16(14)18-9-12/h4-10H,3,11H2,1-2H3. The maximum Gasteiger partial charge on any atom is 0.0708 e. The predicted molar refractivity (Wildman–Crippen MR) is 79.1 cm³/mol. The number of hydrogen-bond acceptors (Lipinski definition) is 3. The average Bonchev–Trinajstić information content (AvgIpc) is 2.45. The SMILES string of the molecule is CCN(C)Cc1cnc2cc3ccncc3cc2c1. The van der Waals surface area contributed by atoms with Gasteiger partial charge in [-0.3, -0.25) is 9.97 Å². The predicted octanol–water partition coefficient (Wildman–Crippen LogP) is 3.23. The van der Waals surface area contributed by atoms with Gasteiger partial charge in [-0.2, -0.15) is 0 Å². The van der Waals surface area contributed by atoms with Crippen molar-refractivity contribution in [2.24, 2.45) is 0 Å². The van der Waals surface area contributed by atoms with Crippen LogP contribution in [0.3, 0.4) is 0 Å². The zero-order valence-corrected chi connectivity index (χ0v) is 11.3. The second-order valence-electron chi connectivity index (χ2n) is 4.94. The van der Waals surface area contributed by atoms with Gasteiger partial charge in [0, 0.05) is 35.9 Å². The van der Waals surface area contributed by atoms with Crippen molar-refractivity contribution in [2.75, 3.05) is 13.6 Å². The Morgan fingerprint density at radius 2 is 1.95 bits per heavy atom. The maximum atomic E-state index is 4.57. The third-order valence-electron chi connectivity index (χ3n) is 3.49. The zero-order valence-electron chi connectivity index (χ0n) is 11.3. The molecule has 0 atom stereocenters. The van der Waals surface area contributed by atoms with Gasteiger partial charge in [-0.05, 0) is 48.8 Å². The Morgan fingerprint density at radius 3 is 2.79 bits per heavy atom. The number of nitrogens with zero attached hydrogens (tertiary/aromatic N) is 3. The highest BCUT2D eigenvalue weighted by Crippen LogP contribution is 2.21. The van der Waals surface area contributed by atoms with Gasteiger partial charge in [0.15, 0.2) is 0 Å². The fourth-order valence-electron chi connectivity index (χ4n) is 2.27. The van der Waals surface area contributed by atoms with Crippen LogP contribution >= 0.6 is 0 Å². The monoisotopic (exact) mass is 251 g/mol. The van der Waals surface area contributed by atoms with E-state index in [1.54, 1.807) is 0 Å². The Balaban J connectivity index is 2.09. The summed E-state index contributed by atoms with van der Waals surface area (Å²) < 4.78 is 0. The van der Waals surface area contributed by atoms with E-state index in [1.165, 1.54) is 16.3 Å². The zero-order chi connectivity index (χ0) is 13.2. The molecular formula is C16H17N3. The van der Waals surface area contributed by atoms with E-state index in [0.717, 1.165) is 24.0 Å². The van der Waals surface area contributed by atoms with Gasteiger partial charge in [-0.1, -0.05) is 6.92 Å². The van der Waals surface area contributed by atoms with E-state index in [1.807, 2.05) is 24.7 Å². The van der Waals surface area contributed by atoms with Crippen molar-refractivity contribution in [3.05, 3.63) is 48.4 Å². The summed E-state index contributed by atoms with van der Waals surface area (Å²) in [6, 6.07) is 8.54. The molecule has 3 heteroatoms. The number of pyridine rings is 2. The molecule has 3 aromatic rings. The molecule has 96 valence electrons. The van der Waals surface area contributed by atoms with Crippen molar-refractivity contribution >= 4 is 21.7 Å². The minimum absolute atomic E-state index is 0.935. The molecule has 0 bridgehead atoms. The van der Waals surface area contributed by atoms with Gasteiger partial charge in [0.2, 0.25) is 0 Å². The van der Waals surface area contributed by atoms with E-state index in [9.17, 15) is 0 Å². The minimum atomic E-state index is 0.935. The first kappa shape index (κ1) is 12.1. The molecule has 0 spiro atoms. The molecule has 3 rings (SSSR count). The summed E-state index contributed by atoms with van der Waals surface area (Å²) in [5.41, 5.74) is 2.29. The Bertz CT molecular complexity index is 721. The van der Waals surface area contributed by atoms with E-state index in [0.29, 0.717) is 0 Å². The summed E-state index contributed by atoms with van der Waals surface area (Å²) in [5.74, 6) is 0. The lowest BCUT2D eigenvalue weighted by molar-refractivity contribution is 0.345. The molecule has 0 radical (unpaired) electrons. The van der Waals surface area contributed by atoms with Crippen molar-refractivity contribution in [1.29, 1.82) is 0 Å². The molecule has 1 aromatic carbocycles. The van der Waals surface area contributed by atoms with E-state index in [2.05, 4.69) is 47.0 Å². The van der Waals surface area contributed by atoms with Gasteiger partial charge >= 0.3 is 0 Å². The normalized spacial score (nSPS) is 11.5. The van der Waals surface area contributed by atoms with Crippen LogP contribution in [0.15, 0.2) is 42.9 Å². The molecule has 0 amide bonds. The van der Waals surface area contributed by atoms with Crippen LogP contribution in [0.4, 0.5) is 0 Å². The van der Waals surface area contributed by atoms with E-state index < -0.39 is 0 Å². The number of benzene rings is 1. The summed E-state index contributed by atoms with van der Waals surface area (Å²) >= 11 is 0. The van der Waals surface area contributed by atoms with Crippen molar-refractivity contribution in [3.8, 4) is 0 Å². The number of fused-ring (bicyclic) bond motifs is 2. The molecule has 19 heavy (non-hydrogen) atoms. The molecule has 0 fully saturated rings. The second-order valence-corrected chi connectivity index (χ2v) is 4.94. The molecule has 3 nitrogen and oxygen atoms in total. The lowest BCUT2D eigenvalue weighted by Gasteiger charge is -2.13. The fraction of sp³-hybridized carbons (Fsp3) is 0.250. The van der Waals surface area contributed by atoms with Crippen molar-refractivity contribution in [1.82, 2.24) is 14.9 Å². The highest BCUT2D eigenvalue weighted by Gasteiger charge is 2.03. The molecule has 2 heterocycles. The summed E-state index contributed by atoms with van der Waals surface area (Å²) in [5, 5.41) is 3.54. The third kappa shape index (κ3) is 2.42. The summed E-state index contributed by atoms with van der Waals surface area (Å²) in [6.45, 7) is 4.14. The summed E-state index contributed by atoms with van der Waals surface area (Å²) in [6.07, 6.45) is 5.69. The smallest absolute Gasteiger partial charge is 0.0708 e. The molecule has 2 aromatic heterocycles. The Kier molecular flexibility index (Phi) is 3.13. The lowest BCUT2D eigenvalue weighted by Crippen LogP contribution is -2.16. The second kappa shape index (κ2) is 4.94. The van der Waals surface area contributed by atoms with Crippen LogP contribution < -0.4 is 0 Å². The first-order valence-electron chi connectivity index (χ1n) is 6.57. The highest BCUT2D eigenvalue weighted by atomic mass is 15.1. The lowest BCUT2D eigenvalue weighted by atomic mass is 10.1. The van der Waals surface area contributed by atoms with Gasteiger partial charge in [0.05, 0.1) is 5.52 Å². The van der Waals surface area contributed by atoms with Crippen LogP contribution in [0, 0.1) is 0 Å². The van der Waals surface area contributed by atoms with Gasteiger partial charge in [0.25, 0.3) is 0 Å². The van der Waals surface area contributed by atoms with Crippen molar-refractivity contribution in [2.45, 2.75) is 13.5 Å². The van der Waals surface area contributed by atoms with Crippen LogP contribution in [0.25, 0.3) is 21.7 Å². The fourth-order valence-corrected chi connectivity index (χ4v) is 2.27. The van der Waals surface area contributed by atoms with E-state index in [4.69, 9.17) is 0 Å². The Morgan fingerprint density at radius 1 is 1.05 bits per heavy atom. The van der Waals surface area contributed by atoms with Crippen molar-refractivity contribution in [3.63, 3.8) is 0 Å². The molecule has 0 saturated heterocycles. The van der Waals surface area contributed by atoms with Gasteiger partial charge in [0.1, 0.15) is 0 Å². The van der Waals surface area contributed by atoms with E-state index in [-0.39, 0.29) is 0 Å². The quantitative estimate of drug-likeness (QED) is 0.669. The Labute approximate surface area is 112 Å². The Hall–Kier alpha value is -2.00. The molecule has 0 unspecified atom stereocenters. The summed E-state index contributed by atoms with van der Waals surface area (Å²) in [7, 11) is 2.12. The van der Waals surface area contributed by atoms with E-state index >= 15 is 0 Å². The van der Waals surface area contributed by atoms with Crippen molar-refractivity contribution < 1.29 is 0 Å². The molecular weight excluding hydrogens is 234 g/mol. The topological polar surface area (TPSA) is 29.0 Å². The third-order valence-corrected chi connectivity index (χ3v) is 3.49. The van der Waals surface area contributed by atoms with Crippen LogP contribution in [0.2, 0.25) is 0 Å². The van der Waals surface area contributed by atoms with Crippen LogP contribution in [-0.4, -0.2) is 28.5 Å². The number of rotatable bonds is 3. The summed E-state index contributed by atoms with van der Waals surface area (Å²) in [4.78, 5) is 11.0. The number of aromatic nitrogens is 2. The molecule has 0 saturated carbocycles. The molecule has 0 aliphatic heterocycles. The van der Waals surface area contributed by atoms with Gasteiger partial charge in [-0.25, -0.2) is 0 Å². The largest absolute Gasteiger partial charge is 0.302 e. The molecule has 0 aliphatic carbocycles.